The van der Waals surface area contributed by atoms with Gasteiger partial charge < -0.3 is 4.52 Å². The number of hydrogen-bond donors (Lipinski definition) is 0. The predicted molar refractivity (Wildman–Crippen MR) is 116 cm³/mol. The van der Waals surface area contributed by atoms with E-state index < -0.39 is 0 Å². The van der Waals surface area contributed by atoms with Gasteiger partial charge in [0.15, 0.2) is 11.0 Å². The molecule has 0 spiro atoms. The van der Waals surface area contributed by atoms with Crippen LogP contribution in [-0.2, 0) is 5.75 Å². The average Bonchev–Trinajstić information content (AvgIpc) is 3.53. The Labute approximate surface area is 180 Å². The van der Waals surface area contributed by atoms with E-state index in [-0.39, 0.29) is 0 Å². The molecule has 0 bridgehead atoms. The highest BCUT2D eigenvalue weighted by Crippen LogP contribution is 2.31. The van der Waals surface area contributed by atoms with Crippen LogP contribution in [0, 0.1) is 6.92 Å². The van der Waals surface area contributed by atoms with Crippen LogP contribution in [0.2, 0.25) is 0 Å². The number of hydrogen-bond acceptors (Lipinski definition) is 8. The summed E-state index contributed by atoms with van der Waals surface area (Å²) in [7, 11) is 0. The molecule has 0 saturated carbocycles. The van der Waals surface area contributed by atoms with Crippen LogP contribution < -0.4 is 0 Å². The number of aromatic nitrogens is 6. The Morgan fingerprint density at radius 2 is 1.90 bits per heavy atom. The van der Waals surface area contributed by atoms with Gasteiger partial charge in [-0.3, -0.25) is 9.55 Å². The number of nitrogens with zero attached hydrogens (tertiary/aromatic N) is 6. The van der Waals surface area contributed by atoms with Gasteiger partial charge in [-0.1, -0.05) is 35.1 Å². The van der Waals surface area contributed by atoms with Gasteiger partial charge in [0, 0.05) is 28.9 Å². The van der Waals surface area contributed by atoms with Gasteiger partial charge in [0.05, 0.1) is 11.4 Å². The highest BCUT2D eigenvalue weighted by atomic mass is 32.2. The maximum atomic E-state index is 5.43. The van der Waals surface area contributed by atoms with Gasteiger partial charge in [0.2, 0.25) is 11.7 Å². The molecule has 30 heavy (non-hydrogen) atoms. The molecular weight excluding hydrogens is 416 g/mol. The minimum Gasteiger partial charge on any atom is -0.338 e. The zero-order valence-electron chi connectivity index (χ0n) is 16.0. The largest absolute Gasteiger partial charge is 0.338 e. The topological polar surface area (TPSA) is 82.5 Å². The van der Waals surface area contributed by atoms with Crippen molar-refractivity contribution in [3.05, 3.63) is 77.1 Å². The molecule has 9 heteroatoms. The number of benzene rings is 1. The fourth-order valence-corrected chi connectivity index (χ4v) is 4.45. The number of pyridine rings is 1. The summed E-state index contributed by atoms with van der Waals surface area (Å²) in [5, 5.41) is 17.7. The molecule has 0 N–H and O–H groups in total. The third-order valence-electron chi connectivity index (χ3n) is 4.50. The Hall–Kier alpha value is -3.30. The predicted octanol–water partition coefficient (Wildman–Crippen LogP) is 5.04. The summed E-state index contributed by atoms with van der Waals surface area (Å²) in [5.41, 5.74) is 4.07. The zero-order chi connectivity index (χ0) is 20.3. The van der Waals surface area contributed by atoms with Crippen molar-refractivity contribution >= 4 is 23.1 Å². The van der Waals surface area contributed by atoms with Crippen LogP contribution in [0.15, 0.2) is 75.3 Å². The van der Waals surface area contributed by atoms with Crippen molar-refractivity contribution in [1.29, 1.82) is 0 Å². The number of para-hydroxylation sites is 1. The Morgan fingerprint density at radius 1 is 1.03 bits per heavy atom. The van der Waals surface area contributed by atoms with Crippen LogP contribution >= 0.6 is 23.1 Å². The highest BCUT2D eigenvalue weighted by molar-refractivity contribution is 7.98. The summed E-state index contributed by atoms with van der Waals surface area (Å²) < 4.78 is 7.49. The lowest BCUT2D eigenvalue weighted by Crippen LogP contribution is -2.02. The van der Waals surface area contributed by atoms with Crippen LogP contribution in [0.4, 0.5) is 0 Å². The second-order valence-corrected chi connectivity index (χ2v) is 8.20. The Kier molecular flexibility index (Phi) is 5.12. The van der Waals surface area contributed by atoms with E-state index in [1.165, 1.54) is 11.8 Å². The fraction of sp³-hybridized carbons (Fsp3) is 0.0952. The lowest BCUT2D eigenvalue weighted by atomic mass is 10.2. The zero-order valence-corrected chi connectivity index (χ0v) is 17.6. The summed E-state index contributed by atoms with van der Waals surface area (Å²) in [6, 6.07) is 14.0. The van der Waals surface area contributed by atoms with E-state index >= 15 is 0 Å². The van der Waals surface area contributed by atoms with Gasteiger partial charge in [-0.2, -0.15) is 16.3 Å². The first-order valence-electron chi connectivity index (χ1n) is 9.19. The molecule has 5 rings (SSSR count). The molecule has 7 nitrogen and oxygen atoms in total. The second-order valence-electron chi connectivity index (χ2n) is 6.48. The standard InChI is InChI=1S/C21H16N6OS2/c1-14-4-2-3-5-17(14)27-20(15-6-9-22-10-7-15)24-25-21(27)30-13-18-23-19(26-28-18)16-8-11-29-12-16/h2-12H,13H2,1H3. The molecule has 148 valence electrons. The molecule has 0 fully saturated rings. The van der Waals surface area contributed by atoms with E-state index in [0.717, 1.165) is 33.4 Å². The van der Waals surface area contributed by atoms with Crippen molar-refractivity contribution in [3.8, 4) is 28.5 Å². The third kappa shape index (κ3) is 3.64. The molecule has 5 aromatic rings. The van der Waals surface area contributed by atoms with E-state index in [1.807, 2.05) is 41.1 Å². The molecule has 4 heterocycles. The molecule has 0 aliphatic carbocycles. The smallest absolute Gasteiger partial charge is 0.237 e. The first kappa shape index (κ1) is 18.7. The molecule has 0 aliphatic heterocycles. The van der Waals surface area contributed by atoms with Gasteiger partial charge in [-0.25, -0.2) is 0 Å². The van der Waals surface area contributed by atoms with E-state index in [1.54, 1.807) is 23.7 Å². The van der Waals surface area contributed by atoms with Crippen LogP contribution in [0.1, 0.15) is 11.5 Å². The maximum Gasteiger partial charge on any atom is 0.237 e. The summed E-state index contributed by atoms with van der Waals surface area (Å²) >= 11 is 3.11. The van der Waals surface area contributed by atoms with Crippen LogP contribution in [0.3, 0.4) is 0 Å². The van der Waals surface area contributed by atoms with Crippen molar-refractivity contribution in [2.75, 3.05) is 0 Å². The van der Waals surface area contributed by atoms with Crippen LogP contribution in [0.5, 0.6) is 0 Å². The number of aryl methyl sites for hydroxylation is 1. The monoisotopic (exact) mass is 432 g/mol. The molecule has 0 amide bonds. The maximum absolute atomic E-state index is 5.43. The van der Waals surface area contributed by atoms with Crippen molar-refractivity contribution in [2.45, 2.75) is 17.8 Å². The number of thiophene rings is 1. The third-order valence-corrected chi connectivity index (χ3v) is 6.10. The molecule has 0 atom stereocenters. The van der Waals surface area contributed by atoms with E-state index in [9.17, 15) is 0 Å². The minimum absolute atomic E-state index is 0.498. The average molecular weight is 433 g/mol. The van der Waals surface area contributed by atoms with Gasteiger partial charge in [-0.15, -0.1) is 10.2 Å². The quantitative estimate of drug-likeness (QED) is 0.348. The number of rotatable bonds is 6. The molecular formula is C21H16N6OS2. The molecule has 0 aliphatic rings. The molecule has 1 aromatic carbocycles. The summed E-state index contributed by atoms with van der Waals surface area (Å²) in [5.74, 6) is 2.41. The van der Waals surface area contributed by atoms with Crippen molar-refractivity contribution < 1.29 is 4.52 Å². The molecule has 0 radical (unpaired) electrons. The molecule has 0 saturated heterocycles. The van der Waals surface area contributed by atoms with E-state index in [4.69, 9.17) is 4.52 Å². The summed E-state index contributed by atoms with van der Waals surface area (Å²) in [4.78, 5) is 8.60. The van der Waals surface area contributed by atoms with Crippen molar-refractivity contribution in [2.24, 2.45) is 0 Å². The first-order chi connectivity index (χ1) is 14.8. The highest BCUT2D eigenvalue weighted by Gasteiger charge is 2.19. The fourth-order valence-electron chi connectivity index (χ4n) is 3.03. The molecule has 4 aromatic heterocycles. The Morgan fingerprint density at radius 3 is 2.70 bits per heavy atom. The van der Waals surface area contributed by atoms with E-state index in [0.29, 0.717) is 17.5 Å². The van der Waals surface area contributed by atoms with Crippen LogP contribution in [-0.4, -0.2) is 29.9 Å². The lowest BCUT2D eigenvalue weighted by Gasteiger charge is -2.12. The van der Waals surface area contributed by atoms with Crippen molar-refractivity contribution in [3.63, 3.8) is 0 Å². The molecule has 0 unspecified atom stereocenters. The minimum atomic E-state index is 0.498. The Balaban J connectivity index is 1.48. The second kappa shape index (κ2) is 8.21. The van der Waals surface area contributed by atoms with Gasteiger partial charge >= 0.3 is 0 Å². The first-order valence-corrected chi connectivity index (χ1v) is 11.1. The summed E-state index contributed by atoms with van der Waals surface area (Å²) in [6.45, 7) is 2.07. The Bertz CT molecular complexity index is 1260. The van der Waals surface area contributed by atoms with Gasteiger partial charge in [0.25, 0.3) is 0 Å². The SMILES string of the molecule is Cc1ccccc1-n1c(SCc2nc(-c3ccsc3)no2)nnc1-c1ccncc1. The normalized spacial score (nSPS) is 11.1. The summed E-state index contributed by atoms with van der Waals surface area (Å²) in [6.07, 6.45) is 3.51. The lowest BCUT2D eigenvalue weighted by molar-refractivity contribution is 0.391. The van der Waals surface area contributed by atoms with Crippen molar-refractivity contribution in [1.82, 2.24) is 29.9 Å². The van der Waals surface area contributed by atoms with E-state index in [2.05, 4.69) is 48.9 Å². The van der Waals surface area contributed by atoms with Gasteiger partial charge in [0.1, 0.15) is 0 Å². The number of thioether (sulfide) groups is 1. The van der Waals surface area contributed by atoms with Crippen LogP contribution in [0.25, 0.3) is 28.5 Å². The van der Waals surface area contributed by atoms with Gasteiger partial charge in [-0.05, 0) is 42.1 Å².